The summed E-state index contributed by atoms with van der Waals surface area (Å²) in [5, 5.41) is 7.29. The van der Waals surface area contributed by atoms with Crippen molar-refractivity contribution in [2.75, 3.05) is 0 Å². The van der Waals surface area contributed by atoms with E-state index < -0.39 is 0 Å². The molecule has 1 atom stereocenters. The second-order valence-electron chi connectivity index (χ2n) is 5.30. The van der Waals surface area contributed by atoms with Crippen LogP contribution in [-0.4, -0.2) is 15.7 Å². The molecule has 0 bridgehead atoms. The van der Waals surface area contributed by atoms with E-state index in [1.165, 1.54) is 12.1 Å². The highest BCUT2D eigenvalue weighted by Gasteiger charge is 2.18. The Bertz CT molecular complexity index is 664. The largest absolute Gasteiger partial charge is 0.349 e. The molecule has 0 radical (unpaired) electrons. The second-order valence-corrected chi connectivity index (χ2v) is 5.30. The molecule has 1 N–H and O–H groups in total. The van der Waals surface area contributed by atoms with Crippen LogP contribution in [0.3, 0.4) is 0 Å². The van der Waals surface area contributed by atoms with E-state index in [4.69, 9.17) is 0 Å². The number of halogens is 1. The maximum absolute atomic E-state index is 13.1. The molecular formula is C16H20FN3O. The van der Waals surface area contributed by atoms with Crippen molar-refractivity contribution >= 4 is 5.91 Å². The zero-order valence-electron chi connectivity index (χ0n) is 12.8. The Morgan fingerprint density at radius 2 is 2.14 bits per heavy atom. The Morgan fingerprint density at radius 3 is 2.71 bits per heavy atom. The number of nitrogens with one attached hydrogen (secondary N) is 1. The lowest BCUT2D eigenvalue weighted by Crippen LogP contribution is -2.28. The normalized spacial score (nSPS) is 12.2. The lowest BCUT2D eigenvalue weighted by molar-refractivity contribution is -0.121. The summed E-state index contributed by atoms with van der Waals surface area (Å²) in [6.45, 7) is 5.84. The van der Waals surface area contributed by atoms with Gasteiger partial charge in [-0.25, -0.2) is 4.39 Å². The van der Waals surface area contributed by atoms with Gasteiger partial charge in [-0.15, -0.1) is 0 Å². The van der Waals surface area contributed by atoms with Gasteiger partial charge in [0.25, 0.3) is 0 Å². The second kappa shape index (κ2) is 6.08. The van der Waals surface area contributed by atoms with E-state index in [-0.39, 0.29) is 24.2 Å². The summed E-state index contributed by atoms with van der Waals surface area (Å²) < 4.78 is 14.9. The molecule has 2 aromatic rings. The molecule has 1 amide bonds. The van der Waals surface area contributed by atoms with Crippen LogP contribution in [0.4, 0.5) is 4.39 Å². The standard InChI is InChI=1S/C16H20FN3O/c1-10(16-11(2)19-20(4)12(16)3)18-15(21)9-13-6-5-7-14(17)8-13/h5-8,10H,9H2,1-4H3,(H,18,21)/t10-/m0/s1. The summed E-state index contributed by atoms with van der Waals surface area (Å²) in [5.74, 6) is -0.456. The Labute approximate surface area is 124 Å². The highest BCUT2D eigenvalue weighted by Crippen LogP contribution is 2.20. The third kappa shape index (κ3) is 3.48. The molecule has 0 aliphatic heterocycles. The van der Waals surface area contributed by atoms with Gasteiger partial charge in [-0.1, -0.05) is 12.1 Å². The predicted molar refractivity (Wildman–Crippen MR) is 79.3 cm³/mol. The molecule has 0 spiro atoms. The zero-order valence-corrected chi connectivity index (χ0v) is 12.8. The molecule has 1 heterocycles. The van der Waals surface area contributed by atoms with Crippen LogP contribution in [-0.2, 0) is 18.3 Å². The summed E-state index contributed by atoms with van der Waals surface area (Å²) in [7, 11) is 1.88. The molecule has 5 heteroatoms. The highest BCUT2D eigenvalue weighted by atomic mass is 19.1. The fourth-order valence-electron chi connectivity index (χ4n) is 2.61. The minimum atomic E-state index is -0.327. The maximum atomic E-state index is 13.1. The van der Waals surface area contributed by atoms with Crippen LogP contribution >= 0.6 is 0 Å². The Balaban J connectivity index is 2.05. The number of benzene rings is 1. The summed E-state index contributed by atoms with van der Waals surface area (Å²) in [6.07, 6.45) is 0.167. The third-order valence-corrected chi connectivity index (χ3v) is 3.63. The number of carbonyl (C=O) groups excluding carboxylic acids is 1. The van der Waals surface area contributed by atoms with E-state index in [1.54, 1.807) is 16.8 Å². The molecule has 0 fully saturated rings. The Morgan fingerprint density at radius 1 is 1.43 bits per heavy atom. The van der Waals surface area contributed by atoms with Crippen molar-refractivity contribution in [2.45, 2.75) is 33.2 Å². The fraction of sp³-hybridized carbons (Fsp3) is 0.375. The van der Waals surface area contributed by atoms with Crippen LogP contribution in [0, 0.1) is 19.7 Å². The quantitative estimate of drug-likeness (QED) is 0.940. The lowest BCUT2D eigenvalue weighted by Gasteiger charge is -2.15. The number of hydrogen-bond acceptors (Lipinski definition) is 2. The van der Waals surface area contributed by atoms with Gasteiger partial charge in [0.05, 0.1) is 18.2 Å². The van der Waals surface area contributed by atoms with Crippen molar-refractivity contribution in [2.24, 2.45) is 7.05 Å². The molecule has 21 heavy (non-hydrogen) atoms. The summed E-state index contributed by atoms with van der Waals surface area (Å²) >= 11 is 0. The van der Waals surface area contributed by atoms with Crippen molar-refractivity contribution in [1.29, 1.82) is 0 Å². The summed E-state index contributed by atoms with van der Waals surface area (Å²) in [5.41, 5.74) is 3.64. The van der Waals surface area contributed by atoms with E-state index in [1.807, 2.05) is 27.8 Å². The van der Waals surface area contributed by atoms with Gasteiger partial charge in [-0.3, -0.25) is 9.48 Å². The van der Waals surface area contributed by atoms with Gasteiger partial charge in [0, 0.05) is 18.3 Å². The summed E-state index contributed by atoms with van der Waals surface area (Å²) in [6, 6.07) is 5.97. The zero-order chi connectivity index (χ0) is 15.6. The topological polar surface area (TPSA) is 46.9 Å². The van der Waals surface area contributed by atoms with E-state index in [2.05, 4.69) is 10.4 Å². The SMILES string of the molecule is Cc1nn(C)c(C)c1[C@H](C)NC(=O)Cc1cccc(F)c1. The third-order valence-electron chi connectivity index (χ3n) is 3.63. The Kier molecular flexibility index (Phi) is 4.40. The number of aryl methyl sites for hydroxylation is 2. The minimum absolute atomic E-state index is 0.125. The first kappa shape index (κ1) is 15.2. The average Bonchev–Trinajstić information content (AvgIpc) is 2.62. The summed E-state index contributed by atoms with van der Waals surface area (Å²) in [4.78, 5) is 12.1. The molecule has 4 nitrogen and oxygen atoms in total. The van der Waals surface area contributed by atoms with Gasteiger partial charge in [-0.2, -0.15) is 5.10 Å². The number of rotatable bonds is 4. The van der Waals surface area contributed by atoms with Crippen molar-refractivity contribution in [3.63, 3.8) is 0 Å². The molecular weight excluding hydrogens is 269 g/mol. The number of hydrogen-bond donors (Lipinski definition) is 1. The number of amides is 1. The molecule has 0 aliphatic carbocycles. The van der Waals surface area contributed by atoms with E-state index >= 15 is 0 Å². The molecule has 0 saturated heterocycles. The van der Waals surface area contributed by atoms with E-state index in [0.717, 1.165) is 17.0 Å². The highest BCUT2D eigenvalue weighted by molar-refractivity contribution is 5.79. The van der Waals surface area contributed by atoms with Crippen LogP contribution in [0.2, 0.25) is 0 Å². The van der Waals surface area contributed by atoms with Crippen molar-refractivity contribution in [3.8, 4) is 0 Å². The van der Waals surface area contributed by atoms with Gasteiger partial charge in [-0.05, 0) is 38.5 Å². The van der Waals surface area contributed by atoms with Crippen LogP contribution in [0.1, 0.15) is 35.5 Å². The van der Waals surface area contributed by atoms with E-state index in [0.29, 0.717) is 5.56 Å². The van der Waals surface area contributed by atoms with Crippen LogP contribution < -0.4 is 5.32 Å². The molecule has 1 aromatic carbocycles. The van der Waals surface area contributed by atoms with Crippen LogP contribution in [0.25, 0.3) is 0 Å². The first-order valence-electron chi connectivity index (χ1n) is 6.92. The lowest BCUT2D eigenvalue weighted by atomic mass is 10.1. The molecule has 112 valence electrons. The minimum Gasteiger partial charge on any atom is -0.349 e. The van der Waals surface area contributed by atoms with Crippen molar-refractivity contribution in [1.82, 2.24) is 15.1 Å². The number of carbonyl (C=O) groups is 1. The van der Waals surface area contributed by atoms with Crippen LogP contribution in [0.5, 0.6) is 0 Å². The molecule has 1 aromatic heterocycles. The molecule has 0 unspecified atom stereocenters. The van der Waals surface area contributed by atoms with Gasteiger partial charge in [0.1, 0.15) is 5.82 Å². The van der Waals surface area contributed by atoms with E-state index in [9.17, 15) is 9.18 Å². The number of nitrogens with zero attached hydrogens (tertiary/aromatic N) is 2. The van der Waals surface area contributed by atoms with Gasteiger partial charge in [0.2, 0.25) is 5.91 Å². The monoisotopic (exact) mass is 289 g/mol. The van der Waals surface area contributed by atoms with Gasteiger partial charge >= 0.3 is 0 Å². The first-order chi connectivity index (χ1) is 9.88. The van der Waals surface area contributed by atoms with Crippen LogP contribution in [0.15, 0.2) is 24.3 Å². The van der Waals surface area contributed by atoms with Crippen molar-refractivity contribution < 1.29 is 9.18 Å². The number of aromatic nitrogens is 2. The fourth-order valence-corrected chi connectivity index (χ4v) is 2.61. The molecule has 2 rings (SSSR count). The average molecular weight is 289 g/mol. The predicted octanol–water partition coefficient (Wildman–Crippen LogP) is 2.60. The van der Waals surface area contributed by atoms with Crippen molar-refractivity contribution in [3.05, 3.63) is 52.6 Å². The van der Waals surface area contributed by atoms with Gasteiger partial charge < -0.3 is 5.32 Å². The smallest absolute Gasteiger partial charge is 0.224 e. The molecule has 0 saturated carbocycles. The Hall–Kier alpha value is -2.17. The van der Waals surface area contributed by atoms with Gasteiger partial charge in [0.15, 0.2) is 0 Å². The first-order valence-corrected chi connectivity index (χ1v) is 6.92. The maximum Gasteiger partial charge on any atom is 0.224 e. The molecule has 0 aliphatic rings.